The molecule has 10 heteroatoms. The van der Waals surface area contributed by atoms with E-state index in [0.717, 1.165) is 5.56 Å². The first-order valence-corrected chi connectivity index (χ1v) is 12.5. The molecule has 0 radical (unpaired) electrons. The molecule has 0 spiro atoms. The molecule has 0 unspecified atom stereocenters. The fourth-order valence-corrected chi connectivity index (χ4v) is 5.41. The molecule has 3 rings (SSSR count). The molecule has 2 N–H and O–H groups in total. The van der Waals surface area contributed by atoms with Crippen LogP contribution in [-0.4, -0.2) is 51.8 Å². The summed E-state index contributed by atoms with van der Waals surface area (Å²) in [6, 6.07) is 11.6. The first kappa shape index (κ1) is 25.5. The molecule has 1 aliphatic heterocycles. The molecule has 1 fully saturated rings. The van der Waals surface area contributed by atoms with E-state index in [1.165, 1.54) is 23.4 Å². The highest BCUT2D eigenvalue weighted by Crippen LogP contribution is 2.28. The van der Waals surface area contributed by atoms with E-state index in [1.54, 1.807) is 32.4 Å². The number of carbonyl (C=O) groups is 2. The van der Waals surface area contributed by atoms with Crippen LogP contribution >= 0.6 is 0 Å². The number of amides is 2. The lowest BCUT2D eigenvalue weighted by Gasteiger charge is -2.31. The van der Waals surface area contributed by atoms with Crippen molar-refractivity contribution in [2.75, 3.05) is 32.6 Å². The van der Waals surface area contributed by atoms with Gasteiger partial charge in [0, 0.05) is 38.7 Å². The molecule has 2 aromatic rings. The third kappa shape index (κ3) is 6.48. The van der Waals surface area contributed by atoms with Crippen LogP contribution in [-0.2, 0) is 26.2 Å². The average Bonchev–Trinajstić information content (AvgIpc) is 2.83. The summed E-state index contributed by atoms with van der Waals surface area (Å²) in [6.07, 6.45) is 1.59. The van der Waals surface area contributed by atoms with E-state index in [1.807, 2.05) is 12.1 Å². The molecule has 2 aromatic carbocycles. The van der Waals surface area contributed by atoms with Gasteiger partial charge in [-0.1, -0.05) is 6.07 Å². The van der Waals surface area contributed by atoms with Crippen LogP contribution < -0.4 is 20.1 Å². The second-order valence-corrected chi connectivity index (χ2v) is 10.2. The Balaban J connectivity index is 1.48. The van der Waals surface area contributed by atoms with E-state index in [2.05, 4.69) is 10.6 Å². The van der Waals surface area contributed by atoms with E-state index >= 15 is 0 Å². The van der Waals surface area contributed by atoms with Gasteiger partial charge in [-0.3, -0.25) is 9.59 Å². The van der Waals surface area contributed by atoms with Gasteiger partial charge >= 0.3 is 0 Å². The van der Waals surface area contributed by atoms with Gasteiger partial charge in [-0.25, -0.2) is 8.42 Å². The molecule has 0 aliphatic carbocycles. The number of piperidine rings is 1. The lowest BCUT2D eigenvalue weighted by molar-refractivity contribution is -0.122. The summed E-state index contributed by atoms with van der Waals surface area (Å²) in [4.78, 5) is 23.8. The van der Waals surface area contributed by atoms with Crippen LogP contribution in [0.5, 0.6) is 11.5 Å². The normalized spacial score (nSPS) is 14.9. The van der Waals surface area contributed by atoms with Crippen molar-refractivity contribution in [2.45, 2.75) is 37.6 Å². The molecule has 1 aliphatic rings. The molecule has 9 nitrogen and oxygen atoms in total. The minimum atomic E-state index is -3.62. The number of methoxy groups -OCH3 is 2. The zero-order chi connectivity index (χ0) is 24.7. The van der Waals surface area contributed by atoms with Gasteiger partial charge in [-0.2, -0.15) is 4.31 Å². The molecular formula is C24H31N3O6S. The van der Waals surface area contributed by atoms with Crippen molar-refractivity contribution in [3.05, 3.63) is 48.0 Å². The van der Waals surface area contributed by atoms with Crippen molar-refractivity contribution < 1.29 is 27.5 Å². The third-order valence-electron chi connectivity index (χ3n) is 5.80. The Morgan fingerprint density at radius 2 is 1.65 bits per heavy atom. The maximum Gasteiger partial charge on any atom is 0.243 e. The summed E-state index contributed by atoms with van der Waals surface area (Å²) in [5.41, 5.74) is 1.45. The van der Waals surface area contributed by atoms with Crippen LogP contribution in [0.25, 0.3) is 0 Å². The zero-order valence-corrected chi connectivity index (χ0v) is 20.5. The van der Waals surface area contributed by atoms with Gasteiger partial charge in [-0.15, -0.1) is 0 Å². The molecule has 1 heterocycles. The minimum Gasteiger partial charge on any atom is -0.493 e. The summed E-state index contributed by atoms with van der Waals surface area (Å²) >= 11 is 0. The van der Waals surface area contributed by atoms with Crippen molar-refractivity contribution in [1.29, 1.82) is 0 Å². The summed E-state index contributed by atoms with van der Waals surface area (Å²) in [7, 11) is -0.488. The second kappa shape index (κ2) is 11.3. The molecular weight excluding hydrogens is 458 g/mol. The number of ether oxygens (including phenoxy) is 2. The average molecular weight is 490 g/mol. The Morgan fingerprint density at radius 3 is 2.24 bits per heavy atom. The van der Waals surface area contributed by atoms with E-state index in [9.17, 15) is 18.0 Å². The van der Waals surface area contributed by atoms with Crippen LogP contribution in [0.15, 0.2) is 47.4 Å². The smallest absolute Gasteiger partial charge is 0.243 e. The largest absolute Gasteiger partial charge is 0.493 e. The second-order valence-electron chi connectivity index (χ2n) is 8.22. The van der Waals surface area contributed by atoms with Gasteiger partial charge in [0.25, 0.3) is 0 Å². The van der Waals surface area contributed by atoms with E-state index in [-0.39, 0.29) is 22.6 Å². The number of nitrogens with one attached hydrogen (secondary N) is 2. The van der Waals surface area contributed by atoms with E-state index in [4.69, 9.17) is 9.47 Å². The van der Waals surface area contributed by atoms with Gasteiger partial charge in [0.1, 0.15) is 0 Å². The number of carbonyl (C=O) groups excluding carboxylic acids is 2. The molecule has 184 valence electrons. The van der Waals surface area contributed by atoms with E-state index < -0.39 is 10.0 Å². The van der Waals surface area contributed by atoms with Crippen LogP contribution in [0.3, 0.4) is 0 Å². The Kier molecular flexibility index (Phi) is 8.51. The molecule has 0 atom stereocenters. The predicted molar refractivity (Wildman–Crippen MR) is 128 cm³/mol. The third-order valence-corrected chi connectivity index (χ3v) is 7.71. The summed E-state index contributed by atoms with van der Waals surface area (Å²) in [6.45, 7) is 2.50. The van der Waals surface area contributed by atoms with Gasteiger partial charge in [0.15, 0.2) is 11.5 Å². The van der Waals surface area contributed by atoms with Crippen molar-refractivity contribution in [3.63, 3.8) is 0 Å². The predicted octanol–water partition coefficient (Wildman–Crippen LogP) is 2.77. The summed E-state index contributed by atoms with van der Waals surface area (Å²) < 4.78 is 37.9. The van der Waals surface area contributed by atoms with Crippen molar-refractivity contribution in [2.24, 2.45) is 5.92 Å². The van der Waals surface area contributed by atoms with E-state index in [0.29, 0.717) is 56.1 Å². The van der Waals surface area contributed by atoms with Crippen LogP contribution in [0, 0.1) is 5.92 Å². The topological polar surface area (TPSA) is 114 Å². The Hall–Kier alpha value is -3.11. The van der Waals surface area contributed by atoms with Crippen LogP contribution in [0.2, 0.25) is 0 Å². The summed E-state index contributed by atoms with van der Waals surface area (Å²) in [5, 5.41) is 5.55. The molecule has 1 saturated heterocycles. The standard InChI is InChI=1S/C24H31N3O6S/c1-17(28)26-20-5-7-21(8-6-20)34(30,31)27-12-10-18(11-13-27)15-24(29)25-16-19-4-9-22(32-2)23(14-19)33-3/h4-9,14,18H,10-13,15-16H2,1-3H3,(H,25,29)(H,26,28). The molecule has 0 bridgehead atoms. The number of benzene rings is 2. The fourth-order valence-electron chi connectivity index (χ4n) is 3.94. The monoisotopic (exact) mass is 489 g/mol. The van der Waals surface area contributed by atoms with Crippen molar-refractivity contribution in [3.8, 4) is 11.5 Å². The lowest BCUT2D eigenvalue weighted by atomic mass is 9.94. The van der Waals surface area contributed by atoms with Gasteiger partial charge in [-0.05, 0) is 60.7 Å². The van der Waals surface area contributed by atoms with Crippen molar-refractivity contribution >= 4 is 27.5 Å². The van der Waals surface area contributed by atoms with Gasteiger partial charge in [0.05, 0.1) is 19.1 Å². The fraction of sp³-hybridized carbons (Fsp3) is 0.417. The quantitative estimate of drug-likeness (QED) is 0.560. The summed E-state index contributed by atoms with van der Waals surface area (Å²) in [5.74, 6) is 1.07. The number of sulfonamides is 1. The molecule has 34 heavy (non-hydrogen) atoms. The first-order valence-electron chi connectivity index (χ1n) is 11.1. The maximum atomic E-state index is 12.9. The van der Waals surface area contributed by atoms with Gasteiger partial charge < -0.3 is 20.1 Å². The number of nitrogens with zero attached hydrogens (tertiary/aromatic N) is 1. The SMILES string of the molecule is COc1ccc(CNC(=O)CC2CCN(S(=O)(=O)c3ccc(NC(C)=O)cc3)CC2)cc1OC. The van der Waals surface area contributed by atoms with Crippen LogP contribution in [0.4, 0.5) is 5.69 Å². The van der Waals surface area contributed by atoms with Crippen molar-refractivity contribution in [1.82, 2.24) is 9.62 Å². The van der Waals surface area contributed by atoms with Crippen LogP contribution in [0.1, 0.15) is 31.7 Å². The molecule has 0 saturated carbocycles. The number of hydrogen-bond donors (Lipinski definition) is 2. The van der Waals surface area contributed by atoms with Gasteiger partial charge in [0.2, 0.25) is 21.8 Å². The first-order chi connectivity index (χ1) is 16.2. The Bertz CT molecular complexity index is 1110. The maximum absolute atomic E-state index is 12.9. The number of hydrogen-bond acceptors (Lipinski definition) is 6. The minimum absolute atomic E-state index is 0.0651. The highest BCUT2D eigenvalue weighted by molar-refractivity contribution is 7.89. The highest BCUT2D eigenvalue weighted by Gasteiger charge is 2.30. The number of anilines is 1. The molecule has 2 amide bonds. The Morgan fingerprint density at radius 1 is 1.00 bits per heavy atom. The zero-order valence-electron chi connectivity index (χ0n) is 19.7. The lowest BCUT2D eigenvalue weighted by Crippen LogP contribution is -2.39. The number of rotatable bonds is 9. The Labute approximate surface area is 200 Å². The highest BCUT2D eigenvalue weighted by atomic mass is 32.2. The molecule has 0 aromatic heterocycles.